The number of hydrogen-bond donors (Lipinski definition) is 0. The number of halogens is 1. The Morgan fingerprint density at radius 3 is 2.63 bits per heavy atom. The van der Waals surface area contributed by atoms with E-state index in [-0.39, 0.29) is 15.6 Å². The average Bonchev–Trinajstić information content (AvgIpc) is 2.35. The van der Waals surface area contributed by atoms with Gasteiger partial charge >= 0.3 is 0 Å². The van der Waals surface area contributed by atoms with Crippen molar-refractivity contribution in [1.29, 1.82) is 0 Å². The quantitative estimate of drug-likeness (QED) is 0.592. The third kappa shape index (κ3) is 3.82. The van der Waals surface area contributed by atoms with Crippen LogP contribution in [0.3, 0.4) is 0 Å². The van der Waals surface area contributed by atoms with E-state index in [1.165, 1.54) is 30.9 Å². The first-order chi connectivity index (χ1) is 8.80. The average molecular weight is 325 g/mol. The molecule has 0 saturated heterocycles. The molecular formula is C10H13ClN2O4S2. The molecule has 0 unspecified atom stereocenters. The maximum atomic E-state index is 12.2. The molecule has 0 saturated carbocycles. The standard InChI is InChI=1S/C10H13ClN2O4S2/c1-12(5-6-18-2)19(16,17)10-7-8(13(14)15)3-4-9(10)11/h3-4,7H,5-6H2,1-2H3. The third-order valence-electron chi connectivity index (χ3n) is 2.42. The van der Waals surface area contributed by atoms with Crippen LogP contribution < -0.4 is 0 Å². The Bertz CT molecular complexity index is 577. The van der Waals surface area contributed by atoms with Crippen LogP contribution in [0, 0.1) is 10.1 Å². The minimum absolute atomic E-state index is 0.0263. The van der Waals surface area contributed by atoms with Gasteiger partial charge in [-0.15, -0.1) is 0 Å². The Kier molecular flexibility index (Phi) is 5.60. The summed E-state index contributed by atoms with van der Waals surface area (Å²) in [6, 6.07) is 3.37. The number of non-ortho nitro benzene ring substituents is 1. The highest BCUT2D eigenvalue weighted by molar-refractivity contribution is 7.98. The zero-order valence-corrected chi connectivity index (χ0v) is 12.8. The van der Waals surface area contributed by atoms with Gasteiger partial charge in [-0.1, -0.05) is 11.6 Å². The van der Waals surface area contributed by atoms with E-state index in [1.807, 2.05) is 6.26 Å². The maximum Gasteiger partial charge on any atom is 0.270 e. The van der Waals surface area contributed by atoms with Crippen molar-refractivity contribution in [3.05, 3.63) is 33.3 Å². The predicted octanol–water partition coefficient (Wildman–Crippen LogP) is 2.23. The van der Waals surface area contributed by atoms with Gasteiger partial charge in [0, 0.05) is 31.5 Å². The Labute approximate surface area is 120 Å². The fourth-order valence-corrected chi connectivity index (χ4v) is 3.54. The van der Waals surface area contributed by atoms with Gasteiger partial charge in [0.05, 0.1) is 9.95 Å². The van der Waals surface area contributed by atoms with Gasteiger partial charge in [-0.3, -0.25) is 10.1 Å². The molecule has 1 aromatic rings. The minimum Gasteiger partial charge on any atom is -0.258 e. The van der Waals surface area contributed by atoms with Gasteiger partial charge in [0.15, 0.2) is 0 Å². The summed E-state index contributed by atoms with van der Waals surface area (Å²) in [5.74, 6) is 0.627. The van der Waals surface area contributed by atoms with Crippen molar-refractivity contribution in [1.82, 2.24) is 4.31 Å². The van der Waals surface area contributed by atoms with Crippen molar-refractivity contribution in [3.63, 3.8) is 0 Å². The molecule has 0 N–H and O–H groups in total. The molecule has 0 heterocycles. The van der Waals surface area contributed by atoms with E-state index in [1.54, 1.807) is 0 Å². The van der Waals surface area contributed by atoms with Gasteiger partial charge in [0.25, 0.3) is 5.69 Å². The van der Waals surface area contributed by atoms with Crippen LogP contribution in [0.1, 0.15) is 0 Å². The number of benzene rings is 1. The number of nitro groups is 1. The van der Waals surface area contributed by atoms with Crippen molar-refractivity contribution < 1.29 is 13.3 Å². The SMILES string of the molecule is CSCCN(C)S(=O)(=O)c1cc([N+](=O)[O-])ccc1Cl. The lowest BCUT2D eigenvalue weighted by Crippen LogP contribution is -2.29. The van der Waals surface area contributed by atoms with Gasteiger partial charge in [0.2, 0.25) is 10.0 Å². The van der Waals surface area contributed by atoms with Crippen LogP contribution in [0.25, 0.3) is 0 Å². The zero-order valence-electron chi connectivity index (χ0n) is 10.4. The summed E-state index contributed by atoms with van der Waals surface area (Å²) in [6.07, 6.45) is 1.86. The van der Waals surface area contributed by atoms with E-state index in [0.717, 1.165) is 10.4 Å². The monoisotopic (exact) mass is 324 g/mol. The molecule has 0 amide bonds. The highest BCUT2D eigenvalue weighted by Crippen LogP contribution is 2.28. The van der Waals surface area contributed by atoms with Crippen molar-refractivity contribution in [3.8, 4) is 0 Å². The summed E-state index contributed by atoms with van der Waals surface area (Å²) in [4.78, 5) is 9.78. The molecule has 0 aliphatic heterocycles. The molecule has 0 aromatic heterocycles. The van der Waals surface area contributed by atoms with Crippen LogP contribution in [-0.4, -0.2) is 43.2 Å². The second kappa shape index (κ2) is 6.56. The molecule has 0 atom stereocenters. The smallest absolute Gasteiger partial charge is 0.258 e. The third-order valence-corrected chi connectivity index (χ3v) is 5.35. The van der Waals surface area contributed by atoms with Gasteiger partial charge in [-0.25, -0.2) is 12.7 Å². The molecular weight excluding hydrogens is 312 g/mol. The zero-order chi connectivity index (χ0) is 14.6. The summed E-state index contributed by atoms with van der Waals surface area (Å²) >= 11 is 7.34. The summed E-state index contributed by atoms with van der Waals surface area (Å²) in [5, 5.41) is 10.7. The molecule has 6 nitrogen and oxygen atoms in total. The van der Waals surface area contributed by atoms with Crippen LogP contribution in [0.5, 0.6) is 0 Å². The Balaban J connectivity index is 3.20. The molecule has 0 aliphatic rings. The fraction of sp³-hybridized carbons (Fsp3) is 0.400. The fourth-order valence-electron chi connectivity index (χ4n) is 1.31. The Morgan fingerprint density at radius 1 is 1.47 bits per heavy atom. The van der Waals surface area contributed by atoms with Crippen molar-refractivity contribution >= 4 is 39.1 Å². The van der Waals surface area contributed by atoms with Crippen LogP contribution in [-0.2, 0) is 10.0 Å². The predicted molar refractivity (Wildman–Crippen MR) is 76.3 cm³/mol. The summed E-state index contributed by atoms with van der Waals surface area (Å²) < 4.78 is 25.6. The molecule has 1 aromatic carbocycles. The summed E-state index contributed by atoms with van der Waals surface area (Å²) in [5.41, 5.74) is -0.304. The first kappa shape index (κ1) is 16.2. The maximum absolute atomic E-state index is 12.2. The van der Waals surface area contributed by atoms with Crippen LogP contribution in [0.15, 0.2) is 23.1 Å². The first-order valence-corrected chi connectivity index (χ1v) is 8.41. The number of sulfonamides is 1. The summed E-state index contributed by atoms with van der Waals surface area (Å²) in [7, 11) is -2.40. The first-order valence-electron chi connectivity index (χ1n) is 5.20. The Morgan fingerprint density at radius 2 is 2.11 bits per heavy atom. The van der Waals surface area contributed by atoms with Crippen molar-refractivity contribution in [2.75, 3.05) is 25.6 Å². The highest BCUT2D eigenvalue weighted by atomic mass is 35.5. The van der Waals surface area contributed by atoms with E-state index < -0.39 is 14.9 Å². The molecule has 0 fully saturated rings. The number of nitrogens with zero attached hydrogens (tertiary/aromatic N) is 2. The van der Waals surface area contributed by atoms with E-state index in [2.05, 4.69) is 0 Å². The van der Waals surface area contributed by atoms with Gasteiger partial charge < -0.3 is 0 Å². The number of rotatable bonds is 6. The lowest BCUT2D eigenvalue weighted by molar-refractivity contribution is -0.385. The van der Waals surface area contributed by atoms with Gasteiger partial charge in [-0.2, -0.15) is 11.8 Å². The van der Waals surface area contributed by atoms with E-state index in [4.69, 9.17) is 11.6 Å². The molecule has 0 spiro atoms. The lowest BCUT2D eigenvalue weighted by Gasteiger charge is -2.17. The topological polar surface area (TPSA) is 80.5 Å². The normalized spacial score (nSPS) is 11.8. The largest absolute Gasteiger partial charge is 0.270 e. The Hall–Kier alpha value is -0.830. The number of nitro benzene ring substituents is 1. The highest BCUT2D eigenvalue weighted by Gasteiger charge is 2.25. The lowest BCUT2D eigenvalue weighted by atomic mass is 10.3. The number of thioether (sulfide) groups is 1. The van der Waals surface area contributed by atoms with Crippen LogP contribution >= 0.6 is 23.4 Å². The van der Waals surface area contributed by atoms with Crippen molar-refractivity contribution in [2.24, 2.45) is 0 Å². The number of hydrogen-bond acceptors (Lipinski definition) is 5. The van der Waals surface area contributed by atoms with Gasteiger partial charge in [-0.05, 0) is 12.3 Å². The minimum atomic E-state index is -3.81. The van der Waals surface area contributed by atoms with Gasteiger partial charge in [0.1, 0.15) is 4.90 Å². The molecule has 0 radical (unpaired) electrons. The molecule has 19 heavy (non-hydrogen) atoms. The second-order valence-electron chi connectivity index (χ2n) is 3.69. The van der Waals surface area contributed by atoms with E-state index >= 15 is 0 Å². The molecule has 0 aliphatic carbocycles. The molecule has 9 heteroatoms. The van der Waals surface area contributed by atoms with E-state index in [0.29, 0.717) is 12.3 Å². The second-order valence-corrected chi connectivity index (χ2v) is 7.10. The molecule has 106 valence electrons. The summed E-state index contributed by atoms with van der Waals surface area (Å²) in [6.45, 7) is 0.308. The molecule has 0 bridgehead atoms. The van der Waals surface area contributed by atoms with Crippen LogP contribution in [0.4, 0.5) is 5.69 Å². The van der Waals surface area contributed by atoms with E-state index in [9.17, 15) is 18.5 Å². The molecule has 1 rings (SSSR count). The van der Waals surface area contributed by atoms with Crippen molar-refractivity contribution in [2.45, 2.75) is 4.90 Å². The van der Waals surface area contributed by atoms with Crippen LogP contribution in [0.2, 0.25) is 5.02 Å².